The van der Waals surface area contributed by atoms with Crippen LogP contribution in [0.15, 0.2) is 48.5 Å². The zero-order chi connectivity index (χ0) is 15.9. The Morgan fingerprint density at radius 1 is 1.09 bits per heavy atom. The van der Waals surface area contributed by atoms with Crippen molar-refractivity contribution in [3.63, 3.8) is 0 Å². The molecule has 0 spiro atoms. The van der Waals surface area contributed by atoms with Gasteiger partial charge >= 0.3 is 6.03 Å². The highest BCUT2D eigenvalue weighted by molar-refractivity contribution is 6.42. The second kappa shape index (κ2) is 8.03. The third-order valence-electron chi connectivity index (χ3n) is 3.06. The first-order chi connectivity index (χ1) is 10.6. The Morgan fingerprint density at radius 3 is 2.45 bits per heavy atom. The lowest BCUT2D eigenvalue weighted by atomic mass is 10.1. The van der Waals surface area contributed by atoms with E-state index >= 15 is 0 Å². The topological polar surface area (TPSA) is 61.4 Å². The van der Waals surface area contributed by atoms with Gasteiger partial charge in [0.15, 0.2) is 0 Å². The van der Waals surface area contributed by atoms with E-state index in [9.17, 15) is 9.90 Å². The van der Waals surface area contributed by atoms with Crippen LogP contribution in [-0.4, -0.2) is 23.8 Å². The van der Waals surface area contributed by atoms with E-state index in [-0.39, 0.29) is 12.6 Å². The van der Waals surface area contributed by atoms with Gasteiger partial charge in [-0.05, 0) is 30.2 Å². The molecule has 0 aromatic heterocycles. The average molecular weight is 339 g/mol. The average Bonchev–Trinajstić information content (AvgIpc) is 2.51. The summed E-state index contributed by atoms with van der Waals surface area (Å²) in [6, 6.07) is 13.7. The van der Waals surface area contributed by atoms with Gasteiger partial charge in [-0.15, -0.1) is 0 Å². The van der Waals surface area contributed by atoms with Crippen molar-refractivity contribution in [3.8, 4) is 0 Å². The Balaban J connectivity index is 1.93. The molecule has 116 valence electrons. The smallest absolute Gasteiger partial charge is 0.319 e. The van der Waals surface area contributed by atoms with Gasteiger partial charge in [-0.1, -0.05) is 53.5 Å². The lowest BCUT2D eigenvalue weighted by molar-refractivity contribution is 0.224. The van der Waals surface area contributed by atoms with E-state index in [1.807, 2.05) is 30.3 Å². The summed E-state index contributed by atoms with van der Waals surface area (Å²) in [4.78, 5) is 12.0. The number of aliphatic hydroxyl groups is 1. The number of anilines is 1. The standard InChI is InChI=1S/C16H16Cl2N2O2/c17-14-7-6-12(9-15(14)18)19-16(22)20-13(10-21)8-11-4-2-1-3-5-11/h1-7,9,13,21H,8,10H2,(H2,19,20,22). The predicted molar refractivity (Wildman–Crippen MR) is 89.6 cm³/mol. The second-order valence-corrected chi connectivity index (χ2v) is 5.61. The van der Waals surface area contributed by atoms with Crippen LogP contribution in [-0.2, 0) is 6.42 Å². The van der Waals surface area contributed by atoms with Gasteiger partial charge in [-0.2, -0.15) is 0 Å². The number of benzene rings is 2. The minimum Gasteiger partial charge on any atom is -0.394 e. The number of halogens is 2. The zero-order valence-electron chi connectivity index (χ0n) is 11.7. The van der Waals surface area contributed by atoms with Crippen LogP contribution in [0, 0.1) is 0 Å². The van der Waals surface area contributed by atoms with Gasteiger partial charge in [-0.3, -0.25) is 0 Å². The molecule has 0 saturated carbocycles. The fourth-order valence-corrected chi connectivity index (χ4v) is 2.28. The summed E-state index contributed by atoms with van der Waals surface area (Å²) in [5.41, 5.74) is 1.57. The summed E-state index contributed by atoms with van der Waals surface area (Å²) in [5, 5.41) is 15.6. The molecule has 3 N–H and O–H groups in total. The minimum atomic E-state index is -0.409. The molecule has 1 unspecified atom stereocenters. The van der Waals surface area contributed by atoms with E-state index in [1.54, 1.807) is 18.2 Å². The predicted octanol–water partition coefficient (Wildman–Crippen LogP) is 3.72. The van der Waals surface area contributed by atoms with Crippen LogP contribution in [0.2, 0.25) is 10.0 Å². The molecular weight excluding hydrogens is 323 g/mol. The molecule has 2 rings (SSSR count). The zero-order valence-corrected chi connectivity index (χ0v) is 13.2. The number of aliphatic hydroxyl groups excluding tert-OH is 1. The molecule has 0 bridgehead atoms. The number of rotatable bonds is 5. The molecule has 0 aliphatic rings. The van der Waals surface area contributed by atoms with E-state index < -0.39 is 6.03 Å². The number of amides is 2. The van der Waals surface area contributed by atoms with Crippen molar-refractivity contribution in [1.29, 1.82) is 0 Å². The number of urea groups is 1. The molecule has 1 atom stereocenters. The van der Waals surface area contributed by atoms with Crippen molar-refractivity contribution in [2.45, 2.75) is 12.5 Å². The Hall–Kier alpha value is -1.75. The van der Waals surface area contributed by atoms with Crippen LogP contribution in [0.25, 0.3) is 0 Å². The van der Waals surface area contributed by atoms with Crippen LogP contribution < -0.4 is 10.6 Å². The van der Waals surface area contributed by atoms with Gasteiger partial charge in [0, 0.05) is 5.69 Å². The van der Waals surface area contributed by atoms with Crippen molar-refractivity contribution in [3.05, 3.63) is 64.1 Å². The molecule has 0 aliphatic carbocycles. The van der Waals surface area contributed by atoms with Crippen molar-refractivity contribution >= 4 is 34.9 Å². The third kappa shape index (κ3) is 4.91. The Kier molecular flexibility index (Phi) is 6.07. The monoisotopic (exact) mass is 338 g/mol. The lowest BCUT2D eigenvalue weighted by Crippen LogP contribution is -2.41. The highest BCUT2D eigenvalue weighted by Gasteiger charge is 2.12. The van der Waals surface area contributed by atoms with Crippen molar-refractivity contribution in [2.75, 3.05) is 11.9 Å². The highest BCUT2D eigenvalue weighted by atomic mass is 35.5. The third-order valence-corrected chi connectivity index (χ3v) is 3.80. The molecule has 0 fully saturated rings. The van der Waals surface area contributed by atoms with Gasteiger partial charge in [0.2, 0.25) is 0 Å². The summed E-state index contributed by atoms with van der Waals surface area (Å²) >= 11 is 11.7. The minimum absolute atomic E-state index is 0.149. The van der Waals surface area contributed by atoms with Gasteiger partial charge < -0.3 is 15.7 Å². The number of nitrogens with one attached hydrogen (secondary N) is 2. The first-order valence-corrected chi connectivity index (χ1v) is 7.51. The van der Waals surface area contributed by atoms with Gasteiger partial charge in [0.05, 0.1) is 22.7 Å². The van der Waals surface area contributed by atoms with Crippen molar-refractivity contribution in [2.24, 2.45) is 0 Å². The maximum absolute atomic E-state index is 12.0. The lowest BCUT2D eigenvalue weighted by Gasteiger charge is -2.17. The first kappa shape index (κ1) is 16.6. The highest BCUT2D eigenvalue weighted by Crippen LogP contribution is 2.24. The van der Waals surface area contributed by atoms with E-state index in [4.69, 9.17) is 23.2 Å². The van der Waals surface area contributed by atoms with Crippen molar-refractivity contribution < 1.29 is 9.90 Å². The van der Waals surface area contributed by atoms with Crippen LogP contribution in [0.3, 0.4) is 0 Å². The molecule has 0 radical (unpaired) electrons. The van der Waals surface area contributed by atoms with Gasteiger partial charge in [-0.25, -0.2) is 4.79 Å². The molecule has 4 nitrogen and oxygen atoms in total. The van der Waals surface area contributed by atoms with Crippen LogP contribution in [0.4, 0.5) is 10.5 Å². The number of carbonyl (C=O) groups excluding carboxylic acids is 1. The number of carbonyl (C=O) groups is 1. The summed E-state index contributed by atoms with van der Waals surface area (Å²) in [5.74, 6) is 0. The maximum Gasteiger partial charge on any atom is 0.319 e. The maximum atomic E-state index is 12.0. The van der Waals surface area contributed by atoms with E-state index in [0.717, 1.165) is 5.56 Å². The quantitative estimate of drug-likeness (QED) is 0.778. The number of hydrogen-bond acceptors (Lipinski definition) is 2. The summed E-state index contributed by atoms with van der Waals surface area (Å²) in [6.07, 6.45) is 0.548. The van der Waals surface area contributed by atoms with Crippen LogP contribution >= 0.6 is 23.2 Å². The Morgan fingerprint density at radius 2 is 1.82 bits per heavy atom. The molecule has 0 heterocycles. The van der Waals surface area contributed by atoms with Gasteiger partial charge in [0.25, 0.3) is 0 Å². The van der Waals surface area contributed by atoms with Crippen molar-refractivity contribution in [1.82, 2.24) is 5.32 Å². The van der Waals surface area contributed by atoms with Crippen LogP contribution in [0.5, 0.6) is 0 Å². The van der Waals surface area contributed by atoms with E-state index in [1.165, 1.54) is 0 Å². The largest absolute Gasteiger partial charge is 0.394 e. The summed E-state index contributed by atoms with van der Waals surface area (Å²) < 4.78 is 0. The van der Waals surface area contributed by atoms with E-state index in [2.05, 4.69) is 10.6 Å². The molecule has 2 amide bonds. The van der Waals surface area contributed by atoms with Gasteiger partial charge in [0.1, 0.15) is 0 Å². The molecule has 2 aromatic rings. The Bertz CT molecular complexity index is 635. The number of hydrogen-bond donors (Lipinski definition) is 3. The molecule has 0 saturated heterocycles. The molecule has 2 aromatic carbocycles. The molecule has 22 heavy (non-hydrogen) atoms. The molecule has 0 aliphatic heterocycles. The fraction of sp³-hybridized carbons (Fsp3) is 0.188. The Labute approximate surface area is 139 Å². The molecular formula is C16H16Cl2N2O2. The SMILES string of the molecule is O=C(Nc1ccc(Cl)c(Cl)c1)NC(CO)Cc1ccccc1. The van der Waals surface area contributed by atoms with Crippen LogP contribution in [0.1, 0.15) is 5.56 Å². The first-order valence-electron chi connectivity index (χ1n) is 6.76. The second-order valence-electron chi connectivity index (χ2n) is 4.80. The normalized spacial score (nSPS) is 11.8. The summed E-state index contributed by atoms with van der Waals surface area (Å²) in [6.45, 7) is -0.149. The molecule has 6 heteroatoms. The fourth-order valence-electron chi connectivity index (χ4n) is 1.99. The van der Waals surface area contributed by atoms with E-state index in [0.29, 0.717) is 22.2 Å². The summed E-state index contributed by atoms with van der Waals surface area (Å²) in [7, 11) is 0.